The highest BCUT2D eigenvalue weighted by Crippen LogP contribution is 2.32. The number of nitrogens with two attached hydrogens (primary N) is 1. The first kappa shape index (κ1) is 15.7. The van der Waals surface area contributed by atoms with Crippen molar-refractivity contribution in [2.45, 2.75) is 23.8 Å². The van der Waals surface area contributed by atoms with Gasteiger partial charge in [0.05, 0.1) is 11.6 Å². The maximum atomic E-state index is 13.6. The molecule has 0 aromatic heterocycles. The van der Waals surface area contributed by atoms with Crippen LogP contribution < -0.4 is 10.5 Å². The molecule has 0 atom stereocenters. The number of halogens is 2. The molecule has 20 heavy (non-hydrogen) atoms. The normalized spacial score (nSPS) is 18.2. The summed E-state index contributed by atoms with van der Waals surface area (Å²) in [6, 6.07) is 2.31. The predicted molar refractivity (Wildman–Crippen MR) is 76.6 cm³/mol. The van der Waals surface area contributed by atoms with Crippen molar-refractivity contribution >= 4 is 26.0 Å². The van der Waals surface area contributed by atoms with Crippen LogP contribution in [0.1, 0.15) is 12.8 Å². The Morgan fingerprint density at radius 1 is 1.40 bits per heavy atom. The molecule has 0 amide bonds. The van der Waals surface area contributed by atoms with Crippen molar-refractivity contribution in [3.63, 3.8) is 0 Å². The number of sulfonamides is 1. The second-order valence-electron chi connectivity index (χ2n) is 4.66. The molecule has 2 rings (SSSR count). The molecule has 2 N–H and O–H groups in total. The Bertz CT molecular complexity index is 601. The number of rotatable bonds is 3. The van der Waals surface area contributed by atoms with Gasteiger partial charge in [-0.2, -0.15) is 4.31 Å². The van der Waals surface area contributed by atoms with E-state index in [9.17, 15) is 12.8 Å². The standard InChI is InChI=1S/C12H16BrFN2O3S/c1-19-11-6-9(13)10(14)7-12(11)20(17,18)16-4-2-8(15)3-5-16/h6-8H,2-5,15H2,1H3. The Kier molecular flexibility index (Phi) is 4.68. The molecule has 1 aliphatic heterocycles. The van der Waals surface area contributed by atoms with Gasteiger partial charge in [0, 0.05) is 19.1 Å². The molecule has 1 fully saturated rings. The third kappa shape index (κ3) is 2.98. The van der Waals surface area contributed by atoms with E-state index in [0.717, 1.165) is 6.07 Å². The number of methoxy groups -OCH3 is 1. The van der Waals surface area contributed by atoms with Gasteiger partial charge in [0.2, 0.25) is 10.0 Å². The lowest BCUT2D eigenvalue weighted by Gasteiger charge is -2.29. The summed E-state index contributed by atoms with van der Waals surface area (Å²) in [5.74, 6) is -0.522. The van der Waals surface area contributed by atoms with E-state index in [1.807, 2.05) is 0 Å². The topological polar surface area (TPSA) is 72.6 Å². The minimum Gasteiger partial charge on any atom is -0.495 e. The SMILES string of the molecule is COc1cc(Br)c(F)cc1S(=O)(=O)N1CCC(N)CC1. The number of hydrogen-bond donors (Lipinski definition) is 1. The summed E-state index contributed by atoms with van der Waals surface area (Å²) in [6.07, 6.45) is 1.20. The third-order valence-corrected chi connectivity index (χ3v) is 5.85. The Balaban J connectivity index is 2.41. The number of ether oxygens (including phenoxy) is 1. The molecule has 0 unspecified atom stereocenters. The quantitative estimate of drug-likeness (QED) is 0.883. The molecule has 0 bridgehead atoms. The molecule has 112 valence electrons. The van der Waals surface area contributed by atoms with Gasteiger partial charge in [-0.1, -0.05) is 0 Å². The van der Waals surface area contributed by atoms with Crippen molar-refractivity contribution in [2.24, 2.45) is 5.73 Å². The van der Waals surface area contributed by atoms with Gasteiger partial charge in [0.1, 0.15) is 16.5 Å². The van der Waals surface area contributed by atoms with E-state index < -0.39 is 15.8 Å². The van der Waals surface area contributed by atoms with Crippen LogP contribution in [0, 0.1) is 5.82 Å². The number of nitrogens with zero attached hydrogens (tertiary/aromatic N) is 1. The smallest absolute Gasteiger partial charge is 0.246 e. The van der Waals surface area contributed by atoms with Crippen LogP contribution in [0.25, 0.3) is 0 Å². The Morgan fingerprint density at radius 3 is 2.55 bits per heavy atom. The van der Waals surface area contributed by atoms with E-state index >= 15 is 0 Å². The second kappa shape index (κ2) is 5.97. The fraction of sp³-hybridized carbons (Fsp3) is 0.500. The van der Waals surface area contributed by atoms with Gasteiger partial charge >= 0.3 is 0 Å². The summed E-state index contributed by atoms with van der Waals surface area (Å²) >= 11 is 3.01. The number of piperidine rings is 1. The zero-order valence-corrected chi connectivity index (χ0v) is 13.4. The monoisotopic (exact) mass is 366 g/mol. The maximum absolute atomic E-state index is 13.6. The van der Waals surface area contributed by atoms with Crippen molar-refractivity contribution in [1.29, 1.82) is 0 Å². The fourth-order valence-electron chi connectivity index (χ4n) is 2.13. The Hall–Kier alpha value is -0.700. The first-order chi connectivity index (χ1) is 9.36. The Labute approximate surface area is 126 Å². The number of benzene rings is 1. The fourth-order valence-corrected chi connectivity index (χ4v) is 4.07. The minimum atomic E-state index is -3.78. The zero-order chi connectivity index (χ0) is 14.9. The van der Waals surface area contributed by atoms with Crippen LogP contribution in [0.4, 0.5) is 4.39 Å². The molecular weight excluding hydrogens is 351 g/mol. The van der Waals surface area contributed by atoms with Crippen molar-refractivity contribution in [2.75, 3.05) is 20.2 Å². The van der Waals surface area contributed by atoms with Crippen LogP contribution in [0.5, 0.6) is 5.75 Å². The molecule has 1 saturated heterocycles. The maximum Gasteiger partial charge on any atom is 0.246 e. The van der Waals surface area contributed by atoms with Gasteiger partial charge in [-0.3, -0.25) is 0 Å². The largest absolute Gasteiger partial charge is 0.495 e. The van der Waals surface area contributed by atoms with Crippen molar-refractivity contribution in [3.8, 4) is 5.75 Å². The van der Waals surface area contributed by atoms with Crippen molar-refractivity contribution < 1.29 is 17.5 Å². The van der Waals surface area contributed by atoms with Gasteiger partial charge < -0.3 is 10.5 Å². The molecular formula is C12H16BrFN2O3S. The third-order valence-electron chi connectivity index (χ3n) is 3.32. The number of hydrogen-bond acceptors (Lipinski definition) is 4. The van der Waals surface area contributed by atoms with E-state index in [0.29, 0.717) is 25.9 Å². The van der Waals surface area contributed by atoms with Crippen LogP contribution in [-0.4, -0.2) is 39.0 Å². The summed E-state index contributed by atoms with van der Waals surface area (Å²) < 4.78 is 45.3. The van der Waals surface area contributed by atoms with Crippen LogP contribution in [-0.2, 0) is 10.0 Å². The van der Waals surface area contributed by atoms with Crippen molar-refractivity contribution in [1.82, 2.24) is 4.31 Å². The molecule has 1 heterocycles. The van der Waals surface area contributed by atoms with Crippen LogP contribution in [0.2, 0.25) is 0 Å². The lowest BCUT2D eigenvalue weighted by atomic mass is 10.1. The highest BCUT2D eigenvalue weighted by Gasteiger charge is 2.31. The average molecular weight is 367 g/mol. The molecule has 8 heteroatoms. The van der Waals surface area contributed by atoms with Gasteiger partial charge in [-0.05, 0) is 40.9 Å². The summed E-state index contributed by atoms with van der Waals surface area (Å²) in [7, 11) is -2.42. The van der Waals surface area contributed by atoms with E-state index in [1.165, 1.54) is 17.5 Å². The van der Waals surface area contributed by atoms with Gasteiger partial charge in [-0.25, -0.2) is 12.8 Å². The average Bonchev–Trinajstić information content (AvgIpc) is 2.41. The summed E-state index contributed by atoms with van der Waals surface area (Å²) in [4.78, 5) is -0.156. The van der Waals surface area contributed by atoms with Crippen LogP contribution >= 0.6 is 15.9 Å². The summed E-state index contributed by atoms with van der Waals surface area (Å²) in [5.41, 5.74) is 5.77. The summed E-state index contributed by atoms with van der Waals surface area (Å²) in [5, 5.41) is 0. The molecule has 0 saturated carbocycles. The van der Waals surface area contributed by atoms with Gasteiger partial charge in [-0.15, -0.1) is 0 Å². The highest BCUT2D eigenvalue weighted by molar-refractivity contribution is 9.10. The molecule has 1 aromatic carbocycles. The minimum absolute atomic E-state index is 0.0185. The summed E-state index contributed by atoms with van der Waals surface area (Å²) in [6.45, 7) is 0.675. The lowest BCUT2D eigenvalue weighted by Crippen LogP contribution is -2.42. The zero-order valence-electron chi connectivity index (χ0n) is 11.0. The van der Waals surface area contributed by atoms with E-state index in [2.05, 4.69) is 15.9 Å². The first-order valence-electron chi connectivity index (χ1n) is 6.15. The van der Waals surface area contributed by atoms with Crippen molar-refractivity contribution in [3.05, 3.63) is 22.4 Å². The molecule has 0 spiro atoms. The molecule has 5 nitrogen and oxygen atoms in total. The predicted octanol–water partition coefficient (Wildman–Crippen LogP) is 1.71. The molecule has 0 aliphatic carbocycles. The van der Waals surface area contributed by atoms with E-state index in [4.69, 9.17) is 10.5 Å². The second-order valence-corrected chi connectivity index (χ2v) is 7.42. The Morgan fingerprint density at radius 2 is 2.00 bits per heavy atom. The van der Waals surface area contributed by atoms with Gasteiger partial charge in [0.15, 0.2) is 0 Å². The van der Waals surface area contributed by atoms with Crippen LogP contribution in [0.15, 0.2) is 21.5 Å². The first-order valence-corrected chi connectivity index (χ1v) is 8.38. The van der Waals surface area contributed by atoms with E-state index in [-0.39, 0.29) is 21.2 Å². The van der Waals surface area contributed by atoms with E-state index in [1.54, 1.807) is 0 Å². The lowest BCUT2D eigenvalue weighted by molar-refractivity contribution is 0.317. The molecule has 1 aromatic rings. The van der Waals surface area contributed by atoms with Gasteiger partial charge in [0.25, 0.3) is 0 Å². The molecule has 1 aliphatic rings. The van der Waals surface area contributed by atoms with Crippen LogP contribution in [0.3, 0.4) is 0 Å². The highest BCUT2D eigenvalue weighted by atomic mass is 79.9. The molecule has 0 radical (unpaired) electrons.